The highest BCUT2D eigenvalue weighted by atomic mass is 19.1. The fourth-order valence-electron chi connectivity index (χ4n) is 3.69. The molecule has 31 heavy (non-hydrogen) atoms. The van der Waals surface area contributed by atoms with Gasteiger partial charge in [-0.05, 0) is 42.0 Å². The number of carbonyl (C=O) groups is 1. The highest BCUT2D eigenvalue weighted by Crippen LogP contribution is 2.33. The van der Waals surface area contributed by atoms with Gasteiger partial charge in [0, 0.05) is 30.7 Å². The fraction of sp³-hybridized carbons (Fsp3) is 0.182. The van der Waals surface area contributed by atoms with Gasteiger partial charge < -0.3 is 10.5 Å². The van der Waals surface area contributed by atoms with Gasteiger partial charge in [0.25, 0.3) is 5.91 Å². The number of hydrogen-bond acceptors (Lipinski definition) is 6. The Kier molecular flexibility index (Phi) is 4.70. The summed E-state index contributed by atoms with van der Waals surface area (Å²) in [5, 5.41) is 4.72. The molecular formula is C22H19FN6O2. The summed E-state index contributed by atoms with van der Waals surface area (Å²) in [4.78, 5) is 23.2. The molecule has 0 radical (unpaired) electrons. The maximum atomic E-state index is 14.7. The summed E-state index contributed by atoms with van der Waals surface area (Å²) in [6, 6.07) is 9.66. The van der Waals surface area contributed by atoms with E-state index in [1.807, 2.05) is 0 Å². The number of nitrogens with zero attached hydrogens (tertiary/aromatic N) is 5. The van der Waals surface area contributed by atoms with E-state index in [0.717, 1.165) is 6.42 Å². The van der Waals surface area contributed by atoms with Crippen molar-refractivity contribution in [3.05, 3.63) is 71.9 Å². The average molecular weight is 418 g/mol. The minimum Gasteiger partial charge on any atom is -0.476 e. The lowest BCUT2D eigenvalue weighted by atomic mass is 10.1. The van der Waals surface area contributed by atoms with E-state index < -0.39 is 5.82 Å². The molecule has 3 aromatic heterocycles. The van der Waals surface area contributed by atoms with Crippen molar-refractivity contribution in [2.45, 2.75) is 19.5 Å². The Labute approximate surface area is 177 Å². The van der Waals surface area contributed by atoms with Crippen LogP contribution < -0.4 is 15.4 Å². The predicted molar refractivity (Wildman–Crippen MR) is 113 cm³/mol. The van der Waals surface area contributed by atoms with E-state index in [4.69, 9.17) is 10.5 Å². The molecule has 0 atom stereocenters. The average Bonchev–Trinajstić information content (AvgIpc) is 3.21. The third-order valence-corrected chi connectivity index (χ3v) is 5.15. The van der Waals surface area contributed by atoms with E-state index in [1.54, 1.807) is 47.4 Å². The standard InChI is InChI=1S/C22H19FN6O2/c23-17-9-14(10-18-16(17)4-5-20(24)27-18)13-28(21(30)15-3-1-6-25-11-15)19-12-26-29-7-2-8-31-22(19)29/h1,3-6,9-12H,2,7-8,13H2,(H2,24,27). The SMILES string of the molecule is Nc1ccc2c(F)cc(CN(C(=O)c3cccnc3)c3cnn4c3OCCC4)cc2n1. The number of aromatic nitrogens is 4. The second kappa shape index (κ2) is 7.67. The summed E-state index contributed by atoms with van der Waals surface area (Å²) >= 11 is 0. The van der Waals surface area contributed by atoms with Crippen molar-refractivity contribution in [3.8, 4) is 5.88 Å². The van der Waals surface area contributed by atoms with Gasteiger partial charge in [-0.15, -0.1) is 0 Å². The maximum absolute atomic E-state index is 14.7. The van der Waals surface area contributed by atoms with Crippen LogP contribution in [0.2, 0.25) is 0 Å². The van der Waals surface area contributed by atoms with Crippen molar-refractivity contribution in [1.29, 1.82) is 0 Å². The molecule has 0 spiro atoms. The fourth-order valence-corrected chi connectivity index (χ4v) is 3.69. The zero-order valence-corrected chi connectivity index (χ0v) is 16.5. The summed E-state index contributed by atoms with van der Waals surface area (Å²) in [5.41, 5.74) is 7.69. The number of aryl methyl sites for hydroxylation is 1. The Hall–Kier alpha value is -4.01. The smallest absolute Gasteiger partial charge is 0.260 e. The number of fused-ring (bicyclic) bond motifs is 2. The normalized spacial score (nSPS) is 12.9. The maximum Gasteiger partial charge on any atom is 0.260 e. The van der Waals surface area contributed by atoms with Crippen LogP contribution in [0.1, 0.15) is 22.3 Å². The Morgan fingerprint density at radius 1 is 1.26 bits per heavy atom. The number of benzene rings is 1. The zero-order chi connectivity index (χ0) is 21.4. The van der Waals surface area contributed by atoms with Gasteiger partial charge in [0.05, 0.1) is 30.4 Å². The number of anilines is 2. The topological polar surface area (TPSA) is 99.2 Å². The lowest BCUT2D eigenvalue weighted by Crippen LogP contribution is -2.31. The Morgan fingerprint density at radius 3 is 3.00 bits per heavy atom. The zero-order valence-electron chi connectivity index (χ0n) is 16.5. The van der Waals surface area contributed by atoms with Gasteiger partial charge in [0.2, 0.25) is 5.88 Å². The number of nitrogens with two attached hydrogens (primary N) is 1. The molecule has 2 N–H and O–H groups in total. The first kappa shape index (κ1) is 19.0. The number of carbonyl (C=O) groups excluding carboxylic acids is 1. The highest BCUT2D eigenvalue weighted by molar-refractivity contribution is 6.06. The number of rotatable bonds is 4. The molecule has 0 bridgehead atoms. The van der Waals surface area contributed by atoms with Crippen LogP contribution in [0.4, 0.5) is 15.9 Å². The predicted octanol–water partition coefficient (Wildman–Crippen LogP) is 3.18. The van der Waals surface area contributed by atoms with Crippen molar-refractivity contribution in [2.24, 2.45) is 0 Å². The molecule has 0 fully saturated rings. The second-order valence-corrected chi connectivity index (χ2v) is 7.27. The van der Waals surface area contributed by atoms with Crippen LogP contribution in [0.25, 0.3) is 10.9 Å². The van der Waals surface area contributed by atoms with E-state index >= 15 is 0 Å². The Morgan fingerprint density at radius 2 is 2.16 bits per heavy atom. The van der Waals surface area contributed by atoms with Crippen LogP contribution in [0, 0.1) is 5.82 Å². The van der Waals surface area contributed by atoms with E-state index in [2.05, 4.69) is 15.1 Å². The van der Waals surface area contributed by atoms with E-state index in [9.17, 15) is 9.18 Å². The molecule has 1 aliphatic heterocycles. The van der Waals surface area contributed by atoms with Crippen LogP contribution >= 0.6 is 0 Å². The molecule has 0 saturated carbocycles. The highest BCUT2D eigenvalue weighted by Gasteiger charge is 2.27. The van der Waals surface area contributed by atoms with Gasteiger partial charge in [-0.25, -0.2) is 14.1 Å². The molecule has 8 nitrogen and oxygen atoms in total. The first-order valence-corrected chi connectivity index (χ1v) is 9.85. The van der Waals surface area contributed by atoms with E-state index in [0.29, 0.717) is 52.6 Å². The minimum absolute atomic E-state index is 0.0963. The van der Waals surface area contributed by atoms with Gasteiger partial charge in [0.1, 0.15) is 17.3 Å². The largest absolute Gasteiger partial charge is 0.476 e. The lowest BCUT2D eigenvalue weighted by Gasteiger charge is -2.24. The molecule has 0 aliphatic carbocycles. The first-order chi connectivity index (χ1) is 15.1. The van der Waals surface area contributed by atoms with Crippen molar-refractivity contribution >= 4 is 28.3 Å². The molecular weight excluding hydrogens is 399 g/mol. The molecule has 156 valence electrons. The third-order valence-electron chi connectivity index (χ3n) is 5.15. The molecule has 1 aliphatic rings. The van der Waals surface area contributed by atoms with Gasteiger partial charge in [-0.1, -0.05) is 0 Å². The van der Waals surface area contributed by atoms with Crippen molar-refractivity contribution < 1.29 is 13.9 Å². The van der Waals surface area contributed by atoms with Gasteiger partial charge >= 0.3 is 0 Å². The molecule has 5 rings (SSSR count). The quantitative estimate of drug-likeness (QED) is 0.547. The number of nitrogen functional groups attached to an aromatic ring is 1. The van der Waals surface area contributed by atoms with E-state index in [1.165, 1.54) is 17.2 Å². The summed E-state index contributed by atoms with van der Waals surface area (Å²) in [7, 11) is 0. The van der Waals surface area contributed by atoms with Crippen molar-refractivity contribution in [3.63, 3.8) is 0 Å². The number of hydrogen-bond donors (Lipinski definition) is 1. The van der Waals surface area contributed by atoms with Crippen molar-refractivity contribution in [2.75, 3.05) is 17.2 Å². The van der Waals surface area contributed by atoms with E-state index in [-0.39, 0.29) is 12.5 Å². The molecule has 4 heterocycles. The Bertz CT molecular complexity index is 1270. The monoisotopic (exact) mass is 418 g/mol. The summed E-state index contributed by atoms with van der Waals surface area (Å²) < 4.78 is 22.3. The summed E-state index contributed by atoms with van der Waals surface area (Å²) in [6.45, 7) is 1.35. The number of ether oxygens (including phenoxy) is 1. The van der Waals surface area contributed by atoms with Gasteiger partial charge in [-0.3, -0.25) is 14.7 Å². The van der Waals surface area contributed by atoms with Gasteiger partial charge in [-0.2, -0.15) is 5.10 Å². The van der Waals surface area contributed by atoms with Gasteiger partial charge in [0.15, 0.2) is 0 Å². The summed E-state index contributed by atoms with van der Waals surface area (Å²) in [5.74, 6) is 0.0970. The van der Waals surface area contributed by atoms with Crippen LogP contribution in [0.15, 0.2) is 55.0 Å². The molecule has 9 heteroatoms. The number of halogens is 1. The first-order valence-electron chi connectivity index (χ1n) is 9.85. The molecule has 4 aromatic rings. The van der Waals surface area contributed by atoms with Crippen LogP contribution in [0.3, 0.4) is 0 Å². The molecule has 1 amide bonds. The summed E-state index contributed by atoms with van der Waals surface area (Å²) in [6.07, 6.45) is 5.53. The van der Waals surface area contributed by atoms with Crippen molar-refractivity contribution in [1.82, 2.24) is 19.7 Å². The molecule has 0 saturated heterocycles. The number of pyridine rings is 2. The minimum atomic E-state index is -0.429. The van der Waals surface area contributed by atoms with Crippen LogP contribution in [0.5, 0.6) is 5.88 Å². The molecule has 0 unspecified atom stereocenters. The van der Waals surface area contributed by atoms with Crippen LogP contribution in [-0.2, 0) is 13.1 Å². The lowest BCUT2D eigenvalue weighted by molar-refractivity contribution is 0.0983. The second-order valence-electron chi connectivity index (χ2n) is 7.27. The molecule has 1 aromatic carbocycles. The van der Waals surface area contributed by atoms with Crippen LogP contribution in [-0.4, -0.2) is 32.3 Å². The number of amides is 1. The Balaban J connectivity index is 1.59. The third kappa shape index (κ3) is 3.54.